The second kappa shape index (κ2) is 7.39. The van der Waals surface area contributed by atoms with Crippen molar-refractivity contribution in [3.8, 4) is 5.75 Å². The van der Waals surface area contributed by atoms with E-state index in [9.17, 15) is 14.7 Å². The first-order chi connectivity index (χ1) is 14.5. The van der Waals surface area contributed by atoms with Crippen LogP contribution in [0, 0.1) is 18.3 Å². The van der Waals surface area contributed by atoms with Crippen LogP contribution in [0.5, 0.6) is 5.75 Å². The average Bonchev–Trinajstić information content (AvgIpc) is 3.32. The van der Waals surface area contributed by atoms with Crippen LogP contribution < -0.4 is 10.4 Å². The van der Waals surface area contributed by atoms with Crippen LogP contribution in [0.1, 0.15) is 29.5 Å². The number of carbonyl (C=O) groups is 1. The maximum absolute atomic E-state index is 12.7. The van der Waals surface area contributed by atoms with Crippen LogP contribution in [0.2, 0.25) is 0 Å². The smallest absolute Gasteiger partial charge is 0.339 e. The summed E-state index contributed by atoms with van der Waals surface area (Å²) in [6, 6.07) is 3.80. The summed E-state index contributed by atoms with van der Waals surface area (Å²) in [5.74, 6) is 0.618. The van der Waals surface area contributed by atoms with Gasteiger partial charge in [0.25, 0.3) is 5.91 Å². The van der Waals surface area contributed by atoms with Gasteiger partial charge in [-0.3, -0.25) is 4.79 Å². The van der Waals surface area contributed by atoms with Crippen LogP contribution in [-0.2, 0) is 22.4 Å². The molecule has 1 amide bonds. The summed E-state index contributed by atoms with van der Waals surface area (Å²) >= 11 is 0. The molecule has 2 aliphatic heterocycles. The molecule has 1 N–H and O–H groups in total. The largest absolute Gasteiger partial charge is 0.483 e. The quantitative estimate of drug-likeness (QED) is 0.770. The molecule has 0 unspecified atom stereocenters. The van der Waals surface area contributed by atoms with Gasteiger partial charge in [0.2, 0.25) is 0 Å². The summed E-state index contributed by atoms with van der Waals surface area (Å²) in [6.45, 7) is 3.95. The van der Waals surface area contributed by atoms with Gasteiger partial charge in [-0.25, -0.2) is 4.79 Å². The van der Waals surface area contributed by atoms with Gasteiger partial charge in [-0.05, 0) is 50.3 Å². The zero-order valence-corrected chi connectivity index (χ0v) is 17.2. The van der Waals surface area contributed by atoms with E-state index in [1.165, 1.54) is 0 Å². The number of fused-ring (bicyclic) bond motifs is 4. The number of nitrogens with zero attached hydrogens (tertiary/aromatic N) is 1. The van der Waals surface area contributed by atoms with E-state index in [4.69, 9.17) is 13.9 Å². The lowest BCUT2D eigenvalue weighted by molar-refractivity contribution is -0.133. The molecule has 3 aliphatic rings. The molecule has 7 heteroatoms. The van der Waals surface area contributed by atoms with Crippen molar-refractivity contribution < 1.29 is 23.8 Å². The Bertz CT molecular complexity index is 1060. The van der Waals surface area contributed by atoms with Crippen molar-refractivity contribution in [1.82, 2.24) is 4.90 Å². The van der Waals surface area contributed by atoms with Crippen LogP contribution in [0.4, 0.5) is 0 Å². The van der Waals surface area contributed by atoms with E-state index in [-0.39, 0.29) is 36.1 Å². The zero-order valence-electron chi connectivity index (χ0n) is 17.2. The minimum atomic E-state index is -0.336. The van der Waals surface area contributed by atoms with Crippen LogP contribution in [0.25, 0.3) is 11.0 Å². The molecule has 2 atom stereocenters. The van der Waals surface area contributed by atoms with Crippen molar-refractivity contribution >= 4 is 16.9 Å². The Kier molecular flexibility index (Phi) is 4.82. The van der Waals surface area contributed by atoms with E-state index < -0.39 is 0 Å². The Morgan fingerprint density at radius 1 is 1.30 bits per heavy atom. The van der Waals surface area contributed by atoms with Crippen LogP contribution in [-0.4, -0.2) is 55.4 Å². The number of aryl methyl sites for hydroxylation is 2. The fraction of sp³-hybridized carbons (Fsp3) is 0.565. The van der Waals surface area contributed by atoms with Crippen LogP contribution >= 0.6 is 0 Å². The molecule has 3 heterocycles. The van der Waals surface area contributed by atoms with E-state index in [0.717, 1.165) is 47.8 Å². The van der Waals surface area contributed by atoms with Crippen molar-refractivity contribution in [2.75, 3.05) is 39.5 Å². The highest BCUT2D eigenvalue weighted by atomic mass is 16.5. The molecule has 0 radical (unpaired) electrons. The molecule has 1 aromatic heterocycles. The Morgan fingerprint density at radius 2 is 2.10 bits per heavy atom. The number of aliphatic hydroxyl groups excluding tert-OH is 1. The standard InChI is InChI=1S/C23H27NO6/c1-14-19(7-6-17-16-4-2-3-5-18(16)22(27)30-21(14)17)29-10-20(26)24-8-15-9-28-13-23(15,11-24)12-25/h6-7,15,25H,2-5,8-13H2,1H3/t15-,23-/m0/s1. The first kappa shape index (κ1) is 19.6. The van der Waals surface area contributed by atoms with Gasteiger partial charge >= 0.3 is 5.63 Å². The number of hydrogen-bond acceptors (Lipinski definition) is 6. The molecule has 7 nitrogen and oxygen atoms in total. The number of carbonyl (C=O) groups excluding carboxylic acids is 1. The molecule has 0 spiro atoms. The van der Waals surface area contributed by atoms with Crippen molar-refractivity contribution in [2.24, 2.45) is 11.3 Å². The van der Waals surface area contributed by atoms with E-state index >= 15 is 0 Å². The third-order valence-electron chi connectivity index (χ3n) is 7.13. The highest BCUT2D eigenvalue weighted by Crippen LogP contribution is 2.41. The predicted octanol–water partition coefficient (Wildman–Crippen LogP) is 1.83. The Balaban J connectivity index is 1.34. The molecule has 30 heavy (non-hydrogen) atoms. The maximum Gasteiger partial charge on any atom is 0.339 e. The molecule has 2 saturated heterocycles. The number of rotatable bonds is 4. The lowest BCUT2D eigenvalue weighted by Gasteiger charge is -2.24. The van der Waals surface area contributed by atoms with Gasteiger partial charge in [0, 0.05) is 40.9 Å². The highest BCUT2D eigenvalue weighted by Gasteiger charge is 2.51. The molecule has 0 saturated carbocycles. The molecular formula is C23H27NO6. The number of ether oxygens (including phenoxy) is 2. The van der Waals surface area contributed by atoms with Gasteiger partial charge in [-0.15, -0.1) is 0 Å². The Morgan fingerprint density at radius 3 is 2.87 bits per heavy atom. The summed E-state index contributed by atoms with van der Waals surface area (Å²) < 4.78 is 17.0. The van der Waals surface area contributed by atoms with Crippen molar-refractivity contribution in [2.45, 2.75) is 32.6 Å². The number of likely N-dealkylation sites (tertiary alicyclic amines) is 1. The molecule has 0 bridgehead atoms. The fourth-order valence-electron chi connectivity index (χ4n) is 5.26. The summed E-state index contributed by atoms with van der Waals surface area (Å²) in [7, 11) is 0. The first-order valence-electron chi connectivity index (χ1n) is 10.7. The van der Waals surface area contributed by atoms with E-state index in [2.05, 4.69) is 0 Å². The van der Waals surface area contributed by atoms with Crippen LogP contribution in [0.3, 0.4) is 0 Å². The van der Waals surface area contributed by atoms with E-state index in [1.807, 2.05) is 19.1 Å². The third kappa shape index (κ3) is 3.03. The summed E-state index contributed by atoms with van der Waals surface area (Å²) in [5, 5.41) is 10.8. The highest BCUT2D eigenvalue weighted by molar-refractivity contribution is 5.86. The fourth-order valence-corrected chi connectivity index (χ4v) is 5.26. The van der Waals surface area contributed by atoms with E-state index in [1.54, 1.807) is 4.90 Å². The second-order valence-electron chi connectivity index (χ2n) is 8.91. The van der Waals surface area contributed by atoms with Gasteiger partial charge in [0.05, 0.1) is 19.8 Å². The van der Waals surface area contributed by atoms with Gasteiger partial charge in [-0.2, -0.15) is 0 Å². The minimum Gasteiger partial charge on any atom is -0.483 e. The summed E-state index contributed by atoms with van der Waals surface area (Å²) in [4.78, 5) is 26.9. The Labute approximate surface area is 174 Å². The number of benzene rings is 1. The topological polar surface area (TPSA) is 89.2 Å². The predicted molar refractivity (Wildman–Crippen MR) is 110 cm³/mol. The van der Waals surface area contributed by atoms with E-state index in [0.29, 0.717) is 37.6 Å². The number of aliphatic hydroxyl groups is 1. The third-order valence-corrected chi connectivity index (χ3v) is 7.13. The normalized spacial score (nSPS) is 25.4. The summed E-state index contributed by atoms with van der Waals surface area (Å²) in [5.41, 5.74) is 2.60. The molecule has 2 aromatic rings. The monoisotopic (exact) mass is 413 g/mol. The molecule has 1 aliphatic carbocycles. The van der Waals surface area contributed by atoms with Gasteiger partial charge in [0.15, 0.2) is 6.61 Å². The Hall–Kier alpha value is -2.38. The lowest BCUT2D eigenvalue weighted by Crippen LogP contribution is -2.38. The minimum absolute atomic E-state index is 0.0233. The van der Waals surface area contributed by atoms with Crippen LogP contribution in [0.15, 0.2) is 21.3 Å². The summed E-state index contributed by atoms with van der Waals surface area (Å²) in [6.07, 6.45) is 3.76. The average molecular weight is 413 g/mol. The van der Waals surface area contributed by atoms with Gasteiger partial charge in [0.1, 0.15) is 11.3 Å². The zero-order chi connectivity index (χ0) is 20.9. The molecule has 160 valence electrons. The van der Waals surface area contributed by atoms with Crippen molar-refractivity contribution in [1.29, 1.82) is 0 Å². The molecular weight excluding hydrogens is 386 g/mol. The maximum atomic E-state index is 12.7. The van der Waals surface area contributed by atoms with Crippen molar-refractivity contribution in [3.63, 3.8) is 0 Å². The van der Waals surface area contributed by atoms with Crippen molar-refractivity contribution in [3.05, 3.63) is 39.2 Å². The number of hydrogen-bond donors (Lipinski definition) is 1. The lowest BCUT2D eigenvalue weighted by atomic mass is 9.82. The molecule has 5 rings (SSSR count). The second-order valence-corrected chi connectivity index (χ2v) is 8.91. The van der Waals surface area contributed by atoms with Gasteiger partial charge < -0.3 is 23.9 Å². The SMILES string of the molecule is Cc1c(OCC(=O)N2C[C@H]3COC[C@@]3(CO)C2)ccc2c3c(c(=O)oc12)CCCC3. The number of amides is 1. The first-order valence-corrected chi connectivity index (χ1v) is 10.7. The molecule has 1 aromatic carbocycles. The van der Waals surface area contributed by atoms with Gasteiger partial charge in [-0.1, -0.05) is 0 Å². The molecule has 2 fully saturated rings.